The molecule has 11 heteroatoms. The predicted octanol–water partition coefficient (Wildman–Crippen LogP) is 3.07. The summed E-state index contributed by atoms with van der Waals surface area (Å²) in [6.07, 6.45) is -1.17. The van der Waals surface area contributed by atoms with Gasteiger partial charge in [0.2, 0.25) is 9.84 Å². The van der Waals surface area contributed by atoms with E-state index in [0.29, 0.717) is 4.90 Å². The number of carbonyl (C=O) groups is 2. The Morgan fingerprint density at radius 3 is 2.59 bits per heavy atom. The van der Waals surface area contributed by atoms with Gasteiger partial charge in [-0.3, -0.25) is 4.79 Å². The Kier molecular flexibility index (Phi) is 6.69. The predicted molar refractivity (Wildman–Crippen MR) is 108 cm³/mol. The molecule has 160 valence electrons. The van der Waals surface area contributed by atoms with Gasteiger partial charge in [-0.2, -0.15) is 0 Å². The average molecular weight is 447 g/mol. The van der Waals surface area contributed by atoms with Crippen molar-refractivity contribution in [3.8, 4) is 5.75 Å². The summed E-state index contributed by atoms with van der Waals surface area (Å²) >= 11 is 6.01. The molecule has 0 atom stereocenters. The van der Waals surface area contributed by atoms with Crippen LogP contribution in [0.5, 0.6) is 5.75 Å². The lowest BCUT2D eigenvalue weighted by molar-refractivity contribution is -0.126. The molecule has 1 aliphatic rings. The number of anilines is 1. The lowest BCUT2D eigenvalue weighted by atomic mass is 10.2. The Hall–Kier alpha value is -2.46. The van der Waals surface area contributed by atoms with Crippen LogP contribution in [0.2, 0.25) is 5.02 Å². The molecule has 9 nitrogen and oxygen atoms in total. The van der Waals surface area contributed by atoms with E-state index in [0.717, 1.165) is 0 Å². The van der Waals surface area contributed by atoms with Gasteiger partial charge in [0.15, 0.2) is 10.7 Å². The zero-order valence-electron chi connectivity index (χ0n) is 16.5. The fourth-order valence-electron chi connectivity index (χ4n) is 2.58. The molecule has 2 N–H and O–H groups in total. The van der Waals surface area contributed by atoms with E-state index in [2.05, 4.69) is 5.32 Å². The number of nitrogens with one attached hydrogen (secondary N) is 1. The Labute approximate surface area is 174 Å². The van der Waals surface area contributed by atoms with Crippen molar-refractivity contribution < 1.29 is 32.6 Å². The Balaban J connectivity index is 2.25. The van der Waals surface area contributed by atoms with E-state index < -0.39 is 44.0 Å². The Morgan fingerprint density at radius 1 is 1.34 bits per heavy atom. The molecule has 0 saturated heterocycles. The first kappa shape index (κ1) is 22.8. The second kappa shape index (κ2) is 8.50. The Bertz CT molecular complexity index is 951. The van der Waals surface area contributed by atoms with Gasteiger partial charge in [-0.15, -0.1) is 0 Å². The van der Waals surface area contributed by atoms with Gasteiger partial charge in [0.1, 0.15) is 17.2 Å². The van der Waals surface area contributed by atoms with Crippen LogP contribution < -0.4 is 10.1 Å². The van der Waals surface area contributed by atoms with Gasteiger partial charge in [-0.25, -0.2) is 18.1 Å². The minimum Gasteiger partial charge on any atom is -0.511 e. The summed E-state index contributed by atoms with van der Waals surface area (Å²) in [7, 11) is -2.93. The maximum Gasteiger partial charge on any atom is 0.417 e. The maximum atomic E-state index is 12.8. The minimum absolute atomic E-state index is 0.186. The number of hydrogen-bond acceptors (Lipinski definition) is 8. The highest BCUT2D eigenvalue weighted by Crippen LogP contribution is 2.33. The first-order chi connectivity index (χ1) is 13.4. The van der Waals surface area contributed by atoms with Crippen molar-refractivity contribution in [2.24, 2.45) is 0 Å². The summed E-state index contributed by atoms with van der Waals surface area (Å²) in [6.45, 7) is 4.67. The lowest BCUT2D eigenvalue weighted by Gasteiger charge is -2.29. The van der Waals surface area contributed by atoms with Crippen LogP contribution in [0.1, 0.15) is 27.2 Å². The smallest absolute Gasteiger partial charge is 0.417 e. The summed E-state index contributed by atoms with van der Waals surface area (Å²) in [5.41, 5.74) is -0.583. The van der Waals surface area contributed by atoms with Crippen molar-refractivity contribution in [1.82, 2.24) is 4.90 Å². The highest BCUT2D eigenvalue weighted by Gasteiger charge is 2.40. The van der Waals surface area contributed by atoms with Crippen molar-refractivity contribution in [2.75, 3.05) is 24.8 Å². The first-order valence-corrected chi connectivity index (χ1v) is 10.7. The number of aliphatic hydroxyl groups excluding tert-OH is 1. The molecule has 29 heavy (non-hydrogen) atoms. The molecule has 0 unspecified atom stereocenters. The summed E-state index contributed by atoms with van der Waals surface area (Å²) in [4.78, 5) is 24.7. The number of halogens is 1. The van der Waals surface area contributed by atoms with Gasteiger partial charge >= 0.3 is 6.09 Å². The SMILES string of the molecule is COc1c(Cl)cccc1NCS(=O)(=O)C1=C(O)CCN(C(=O)OC(C)(C)C)C1=O. The van der Waals surface area contributed by atoms with E-state index in [4.69, 9.17) is 21.1 Å². The van der Waals surface area contributed by atoms with Gasteiger partial charge in [0.25, 0.3) is 5.91 Å². The largest absolute Gasteiger partial charge is 0.511 e. The molecule has 0 aromatic heterocycles. The summed E-state index contributed by atoms with van der Waals surface area (Å²) in [5.74, 6) is -2.23. The van der Waals surface area contributed by atoms with Crippen LogP contribution in [-0.2, 0) is 19.4 Å². The quantitative estimate of drug-likeness (QED) is 0.707. The molecule has 0 aliphatic carbocycles. The molecule has 1 aromatic rings. The fraction of sp³-hybridized carbons (Fsp3) is 0.444. The number of benzene rings is 1. The van der Waals surface area contributed by atoms with Crippen molar-refractivity contribution in [3.05, 3.63) is 33.9 Å². The summed E-state index contributed by atoms with van der Waals surface area (Å²) < 4.78 is 35.8. The Morgan fingerprint density at radius 2 is 2.00 bits per heavy atom. The molecule has 0 radical (unpaired) electrons. The van der Waals surface area contributed by atoms with Crippen LogP contribution >= 0.6 is 11.6 Å². The number of ether oxygens (including phenoxy) is 2. The maximum absolute atomic E-state index is 12.8. The topological polar surface area (TPSA) is 122 Å². The number of aliphatic hydroxyl groups is 1. The molecule has 1 aromatic carbocycles. The third-order valence-electron chi connectivity index (χ3n) is 3.82. The van der Waals surface area contributed by atoms with Crippen LogP contribution in [0.15, 0.2) is 28.9 Å². The van der Waals surface area contributed by atoms with Crippen LogP contribution in [0.4, 0.5) is 10.5 Å². The highest BCUT2D eigenvalue weighted by atomic mass is 35.5. The summed E-state index contributed by atoms with van der Waals surface area (Å²) in [5, 5.41) is 13.0. The number of para-hydroxylation sites is 1. The van der Waals surface area contributed by atoms with Gasteiger partial charge in [0, 0.05) is 13.0 Å². The first-order valence-electron chi connectivity index (χ1n) is 8.63. The van der Waals surface area contributed by atoms with Crippen molar-refractivity contribution in [2.45, 2.75) is 32.8 Å². The molecule has 1 heterocycles. The molecule has 2 amide bonds. The van der Waals surface area contributed by atoms with Crippen LogP contribution in [0, 0.1) is 0 Å². The van der Waals surface area contributed by atoms with Crippen molar-refractivity contribution in [1.29, 1.82) is 0 Å². The second-order valence-electron chi connectivity index (χ2n) is 7.22. The normalized spacial score (nSPS) is 15.3. The van der Waals surface area contributed by atoms with Crippen molar-refractivity contribution >= 4 is 39.1 Å². The standard InChI is InChI=1S/C18H23ClN2O7S/c1-18(2,3)28-17(24)21-9-8-13(22)15(16(21)23)29(25,26)10-20-12-7-5-6-11(19)14(12)27-4/h5-7,20,22H,8-10H2,1-4H3. The second-order valence-corrected chi connectivity index (χ2v) is 9.55. The number of carbonyl (C=O) groups excluding carboxylic acids is 2. The van der Waals surface area contributed by atoms with E-state index in [9.17, 15) is 23.1 Å². The monoisotopic (exact) mass is 446 g/mol. The fourth-order valence-corrected chi connectivity index (χ4v) is 4.16. The lowest BCUT2D eigenvalue weighted by Crippen LogP contribution is -2.46. The molecular formula is C18H23ClN2O7S. The zero-order valence-corrected chi connectivity index (χ0v) is 18.1. The third-order valence-corrected chi connectivity index (χ3v) is 5.68. The summed E-state index contributed by atoms with van der Waals surface area (Å²) in [6, 6.07) is 4.70. The number of rotatable bonds is 5. The number of methoxy groups -OCH3 is 1. The zero-order chi connectivity index (χ0) is 22.0. The average Bonchev–Trinajstić information content (AvgIpc) is 2.58. The minimum atomic E-state index is -4.31. The van der Waals surface area contributed by atoms with E-state index in [1.807, 2.05) is 0 Å². The van der Waals surface area contributed by atoms with E-state index in [1.54, 1.807) is 39.0 Å². The van der Waals surface area contributed by atoms with Crippen LogP contribution in [-0.4, -0.2) is 55.6 Å². The van der Waals surface area contributed by atoms with Gasteiger partial charge in [-0.05, 0) is 32.9 Å². The van der Waals surface area contributed by atoms with Crippen LogP contribution in [0.3, 0.4) is 0 Å². The number of nitrogens with zero attached hydrogens (tertiary/aromatic N) is 1. The van der Waals surface area contributed by atoms with E-state index in [-0.39, 0.29) is 29.4 Å². The molecule has 0 fully saturated rings. The van der Waals surface area contributed by atoms with Gasteiger partial charge < -0.3 is 19.9 Å². The van der Waals surface area contributed by atoms with Crippen LogP contribution in [0.25, 0.3) is 0 Å². The number of hydrogen-bond donors (Lipinski definition) is 2. The number of imide groups is 1. The van der Waals surface area contributed by atoms with Gasteiger partial charge in [-0.1, -0.05) is 17.7 Å². The van der Waals surface area contributed by atoms with E-state index >= 15 is 0 Å². The highest BCUT2D eigenvalue weighted by molar-refractivity contribution is 7.96. The molecule has 2 rings (SSSR count). The molecule has 0 saturated carbocycles. The van der Waals surface area contributed by atoms with Crippen molar-refractivity contribution in [3.63, 3.8) is 0 Å². The molecule has 1 aliphatic heterocycles. The van der Waals surface area contributed by atoms with Gasteiger partial charge in [0.05, 0.1) is 17.8 Å². The molecule has 0 spiro atoms. The van der Waals surface area contributed by atoms with E-state index in [1.165, 1.54) is 7.11 Å². The number of sulfone groups is 1. The molecule has 0 bridgehead atoms. The number of amides is 2. The molecular weight excluding hydrogens is 424 g/mol. The third kappa shape index (κ3) is 5.33.